The van der Waals surface area contributed by atoms with Crippen molar-refractivity contribution in [1.82, 2.24) is 14.9 Å². The van der Waals surface area contributed by atoms with E-state index in [0.717, 1.165) is 31.6 Å². The lowest BCUT2D eigenvalue weighted by atomic mass is 10.1. The number of rotatable bonds is 3. The number of amides is 1. The van der Waals surface area contributed by atoms with E-state index in [1.54, 1.807) is 18.5 Å². The zero-order valence-corrected chi connectivity index (χ0v) is 12.5. The van der Waals surface area contributed by atoms with Crippen molar-refractivity contribution in [2.75, 3.05) is 18.4 Å². The van der Waals surface area contributed by atoms with Gasteiger partial charge in [0.25, 0.3) is 5.91 Å². The van der Waals surface area contributed by atoms with Gasteiger partial charge in [0.2, 0.25) is 5.95 Å². The molecule has 1 aliphatic heterocycles. The Bertz CT molecular complexity index is 622. The van der Waals surface area contributed by atoms with E-state index in [2.05, 4.69) is 15.3 Å². The monoisotopic (exact) mass is 296 g/mol. The molecule has 2 heterocycles. The molecule has 1 aromatic heterocycles. The van der Waals surface area contributed by atoms with Gasteiger partial charge in [-0.25, -0.2) is 9.97 Å². The second-order valence-corrected chi connectivity index (χ2v) is 5.48. The molecule has 1 fully saturated rings. The van der Waals surface area contributed by atoms with Gasteiger partial charge in [0, 0.05) is 36.7 Å². The van der Waals surface area contributed by atoms with Gasteiger partial charge in [0.05, 0.1) is 0 Å². The molecule has 22 heavy (non-hydrogen) atoms. The van der Waals surface area contributed by atoms with Gasteiger partial charge in [-0.1, -0.05) is 18.9 Å². The van der Waals surface area contributed by atoms with Crippen LogP contribution in [-0.4, -0.2) is 33.9 Å². The van der Waals surface area contributed by atoms with Crippen LogP contribution in [0.25, 0.3) is 0 Å². The molecule has 1 aliphatic rings. The Kier molecular flexibility index (Phi) is 4.63. The minimum atomic E-state index is 0.111. The van der Waals surface area contributed by atoms with Crippen molar-refractivity contribution < 1.29 is 4.79 Å². The molecule has 5 heteroatoms. The Morgan fingerprint density at radius 2 is 1.73 bits per heavy atom. The number of hydrogen-bond acceptors (Lipinski definition) is 4. The molecule has 0 bridgehead atoms. The molecule has 0 unspecified atom stereocenters. The van der Waals surface area contributed by atoms with Crippen LogP contribution in [0.15, 0.2) is 42.7 Å². The summed E-state index contributed by atoms with van der Waals surface area (Å²) in [5, 5.41) is 3.12. The summed E-state index contributed by atoms with van der Waals surface area (Å²) in [6.45, 7) is 1.72. The molecule has 1 aromatic carbocycles. The smallest absolute Gasteiger partial charge is 0.253 e. The van der Waals surface area contributed by atoms with Gasteiger partial charge in [0.15, 0.2) is 0 Å². The fraction of sp³-hybridized carbons (Fsp3) is 0.353. The minimum absolute atomic E-state index is 0.111. The SMILES string of the molecule is O=C(c1cccc(Nc2ncccn2)c1)N1CCCCCC1. The molecule has 5 nitrogen and oxygen atoms in total. The summed E-state index contributed by atoms with van der Waals surface area (Å²) in [4.78, 5) is 22.9. The lowest BCUT2D eigenvalue weighted by Crippen LogP contribution is -2.31. The van der Waals surface area contributed by atoms with Gasteiger partial charge < -0.3 is 10.2 Å². The molecular formula is C17H20N4O. The van der Waals surface area contributed by atoms with E-state index < -0.39 is 0 Å². The number of carbonyl (C=O) groups excluding carboxylic acids is 1. The minimum Gasteiger partial charge on any atom is -0.339 e. The number of benzene rings is 1. The van der Waals surface area contributed by atoms with Crippen LogP contribution >= 0.6 is 0 Å². The molecule has 3 rings (SSSR count). The van der Waals surface area contributed by atoms with Crippen LogP contribution < -0.4 is 5.32 Å². The van der Waals surface area contributed by atoms with Crippen molar-refractivity contribution in [2.45, 2.75) is 25.7 Å². The van der Waals surface area contributed by atoms with E-state index in [4.69, 9.17) is 0 Å². The summed E-state index contributed by atoms with van der Waals surface area (Å²) in [7, 11) is 0. The Morgan fingerprint density at radius 1 is 1.00 bits per heavy atom. The molecule has 0 atom stereocenters. The molecule has 1 saturated heterocycles. The highest BCUT2D eigenvalue weighted by atomic mass is 16.2. The van der Waals surface area contributed by atoms with Crippen LogP contribution in [0.2, 0.25) is 0 Å². The summed E-state index contributed by atoms with van der Waals surface area (Å²) < 4.78 is 0. The number of nitrogens with one attached hydrogen (secondary N) is 1. The van der Waals surface area contributed by atoms with Gasteiger partial charge in [-0.05, 0) is 37.1 Å². The van der Waals surface area contributed by atoms with Crippen molar-refractivity contribution >= 4 is 17.5 Å². The number of aromatic nitrogens is 2. The zero-order chi connectivity index (χ0) is 15.2. The van der Waals surface area contributed by atoms with Crippen LogP contribution in [-0.2, 0) is 0 Å². The van der Waals surface area contributed by atoms with E-state index in [1.807, 2.05) is 29.2 Å². The van der Waals surface area contributed by atoms with E-state index in [9.17, 15) is 4.79 Å². The fourth-order valence-electron chi connectivity index (χ4n) is 2.68. The molecule has 0 saturated carbocycles. The largest absolute Gasteiger partial charge is 0.339 e. The van der Waals surface area contributed by atoms with E-state index in [0.29, 0.717) is 11.5 Å². The van der Waals surface area contributed by atoms with Crippen LogP contribution in [0.4, 0.5) is 11.6 Å². The quantitative estimate of drug-likeness (QED) is 0.944. The number of carbonyl (C=O) groups is 1. The predicted octanol–water partition coefficient (Wildman–Crippen LogP) is 3.24. The van der Waals surface area contributed by atoms with E-state index in [1.165, 1.54) is 12.8 Å². The number of nitrogens with zero attached hydrogens (tertiary/aromatic N) is 3. The Labute approximate surface area is 130 Å². The van der Waals surface area contributed by atoms with Crippen molar-refractivity contribution in [2.24, 2.45) is 0 Å². The number of hydrogen-bond donors (Lipinski definition) is 1. The maximum atomic E-state index is 12.6. The first-order chi connectivity index (χ1) is 10.8. The summed E-state index contributed by atoms with van der Waals surface area (Å²) in [5.74, 6) is 0.640. The van der Waals surface area contributed by atoms with Gasteiger partial charge in [-0.3, -0.25) is 4.79 Å². The van der Waals surface area contributed by atoms with Crippen molar-refractivity contribution in [3.63, 3.8) is 0 Å². The first-order valence-electron chi connectivity index (χ1n) is 7.76. The zero-order valence-electron chi connectivity index (χ0n) is 12.5. The molecule has 1 amide bonds. The normalized spacial score (nSPS) is 15.2. The van der Waals surface area contributed by atoms with Gasteiger partial charge in [-0.15, -0.1) is 0 Å². The second kappa shape index (κ2) is 7.02. The first-order valence-corrected chi connectivity index (χ1v) is 7.76. The lowest BCUT2D eigenvalue weighted by molar-refractivity contribution is 0.0761. The molecule has 1 N–H and O–H groups in total. The summed E-state index contributed by atoms with van der Waals surface area (Å²) in [6, 6.07) is 9.30. The average molecular weight is 296 g/mol. The topological polar surface area (TPSA) is 58.1 Å². The van der Waals surface area contributed by atoms with Gasteiger partial charge in [-0.2, -0.15) is 0 Å². The maximum Gasteiger partial charge on any atom is 0.253 e. The highest BCUT2D eigenvalue weighted by Crippen LogP contribution is 2.18. The first kappa shape index (κ1) is 14.5. The highest BCUT2D eigenvalue weighted by molar-refractivity contribution is 5.95. The highest BCUT2D eigenvalue weighted by Gasteiger charge is 2.17. The third kappa shape index (κ3) is 3.61. The van der Waals surface area contributed by atoms with Crippen LogP contribution in [0.3, 0.4) is 0 Å². The maximum absolute atomic E-state index is 12.6. The lowest BCUT2D eigenvalue weighted by Gasteiger charge is -2.20. The Morgan fingerprint density at radius 3 is 2.45 bits per heavy atom. The molecule has 0 radical (unpaired) electrons. The third-order valence-electron chi connectivity index (χ3n) is 3.82. The number of anilines is 2. The van der Waals surface area contributed by atoms with Crippen molar-refractivity contribution in [3.8, 4) is 0 Å². The molecular weight excluding hydrogens is 276 g/mol. The summed E-state index contributed by atoms with van der Waals surface area (Å²) >= 11 is 0. The fourth-order valence-corrected chi connectivity index (χ4v) is 2.68. The number of likely N-dealkylation sites (tertiary alicyclic amines) is 1. The average Bonchev–Trinajstić information content (AvgIpc) is 2.85. The second-order valence-electron chi connectivity index (χ2n) is 5.48. The summed E-state index contributed by atoms with van der Waals surface area (Å²) in [6.07, 6.45) is 8.00. The van der Waals surface area contributed by atoms with Gasteiger partial charge in [0.1, 0.15) is 0 Å². The van der Waals surface area contributed by atoms with Crippen LogP contribution in [0.5, 0.6) is 0 Å². The Hall–Kier alpha value is -2.43. The van der Waals surface area contributed by atoms with E-state index >= 15 is 0 Å². The summed E-state index contributed by atoms with van der Waals surface area (Å²) in [5.41, 5.74) is 1.54. The Balaban J connectivity index is 1.74. The standard InChI is InChI=1S/C17H20N4O/c22-16(21-11-3-1-2-4-12-21)14-7-5-8-15(13-14)20-17-18-9-6-10-19-17/h5-10,13H,1-4,11-12H2,(H,18,19,20). The van der Waals surface area contributed by atoms with Gasteiger partial charge >= 0.3 is 0 Å². The van der Waals surface area contributed by atoms with E-state index in [-0.39, 0.29) is 5.91 Å². The molecule has 0 aliphatic carbocycles. The van der Waals surface area contributed by atoms with Crippen molar-refractivity contribution in [3.05, 3.63) is 48.3 Å². The molecule has 0 spiro atoms. The molecule has 2 aromatic rings. The third-order valence-corrected chi connectivity index (χ3v) is 3.82. The van der Waals surface area contributed by atoms with Crippen molar-refractivity contribution in [1.29, 1.82) is 0 Å². The predicted molar refractivity (Wildman–Crippen MR) is 86.1 cm³/mol. The molecule has 114 valence electrons. The van der Waals surface area contributed by atoms with Crippen LogP contribution in [0, 0.1) is 0 Å². The van der Waals surface area contributed by atoms with Crippen LogP contribution in [0.1, 0.15) is 36.0 Å².